The highest BCUT2D eigenvalue weighted by Crippen LogP contribution is 2.37. The van der Waals surface area contributed by atoms with Gasteiger partial charge in [-0.25, -0.2) is 0 Å². The van der Waals surface area contributed by atoms with E-state index in [1.807, 2.05) is 24.3 Å². The zero-order valence-corrected chi connectivity index (χ0v) is 20.2. The number of aliphatic hydroxyl groups is 1. The number of amides is 2. The maximum atomic E-state index is 13.3. The first-order valence-corrected chi connectivity index (χ1v) is 12.0. The quantitative estimate of drug-likeness (QED) is 0.599. The molecule has 1 fully saturated rings. The minimum Gasteiger partial charge on any atom is -0.392 e. The maximum Gasteiger partial charge on any atom is 0.272 e. The number of fused-ring (bicyclic) bond motifs is 1. The van der Waals surface area contributed by atoms with Gasteiger partial charge >= 0.3 is 0 Å². The summed E-state index contributed by atoms with van der Waals surface area (Å²) in [7, 11) is 1.73. The topological polar surface area (TPSA) is 82.0 Å². The van der Waals surface area contributed by atoms with E-state index in [-0.39, 0.29) is 17.2 Å². The number of carbonyl (C=O) groups excluding carboxylic acids is 2. The van der Waals surface area contributed by atoms with Crippen LogP contribution in [0.2, 0.25) is 0 Å². The number of rotatable bonds is 9. The van der Waals surface area contributed by atoms with Gasteiger partial charge in [0.2, 0.25) is 12.1 Å². The summed E-state index contributed by atoms with van der Waals surface area (Å²) in [6, 6.07) is 7.76. The number of carbonyl (C=O) groups is 2. The van der Waals surface area contributed by atoms with Crippen LogP contribution in [-0.2, 0) is 9.59 Å². The normalized spacial score (nSPS) is 20.8. The molecule has 3 atom stereocenters. The molecule has 0 saturated heterocycles. The average Bonchev–Trinajstić information content (AvgIpc) is 3.57. The van der Waals surface area contributed by atoms with E-state index in [1.54, 1.807) is 11.9 Å². The van der Waals surface area contributed by atoms with Crippen molar-refractivity contribution in [1.29, 1.82) is 0 Å². The van der Waals surface area contributed by atoms with Gasteiger partial charge in [-0.05, 0) is 36.7 Å². The summed E-state index contributed by atoms with van der Waals surface area (Å²) in [6.07, 6.45) is 4.35. The van der Waals surface area contributed by atoms with E-state index >= 15 is 0 Å². The highest BCUT2D eigenvalue weighted by atomic mass is 16.3. The predicted molar refractivity (Wildman–Crippen MR) is 129 cm³/mol. The lowest BCUT2D eigenvalue weighted by Gasteiger charge is -2.25. The summed E-state index contributed by atoms with van der Waals surface area (Å²) in [5.74, 6) is -0.530. The second kappa shape index (κ2) is 10.2. The number of unbranched alkanes of at least 4 members (excludes halogenated alkanes) is 1. The third-order valence-electron chi connectivity index (χ3n) is 6.34. The van der Waals surface area contributed by atoms with Crippen molar-refractivity contribution >= 4 is 23.2 Å². The minimum atomic E-state index is -0.989. The Kier molecular flexibility index (Phi) is 7.75. The highest BCUT2D eigenvalue weighted by Gasteiger charge is 2.37. The molecule has 32 heavy (non-hydrogen) atoms. The van der Waals surface area contributed by atoms with Crippen LogP contribution in [0, 0.1) is 17.3 Å². The maximum absolute atomic E-state index is 13.3. The third kappa shape index (κ3) is 6.18. The van der Waals surface area contributed by atoms with E-state index in [0.717, 1.165) is 42.6 Å². The van der Waals surface area contributed by atoms with Crippen molar-refractivity contribution in [2.75, 3.05) is 11.9 Å². The number of benzodiazepines with no additional fused rings is 1. The van der Waals surface area contributed by atoms with E-state index in [0.29, 0.717) is 25.2 Å². The highest BCUT2D eigenvalue weighted by molar-refractivity contribution is 6.13. The standard InChI is InChI=1S/C26H39N3O3/c1-6-7-12-22(30)19(15-17-13-14-17)24(31)28-23-25(32)29(5)21-11-9-8-10-18(21)20(27-23)16-26(2,3)4/h8-11,17,19,22-23,30H,6-7,12-16H2,1-5H3,(H,28,31)/t19-,22+,23+/m1/s1. The fraction of sp³-hybridized carbons (Fsp3) is 0.654. The van der Waals surface area contributed by atoms with Crippen molar-refractivity contribution < 1.29 is 14.7 Å². The van der Waals surface area contributed by atoms with E-state index < -0.39 is 18.2 Å². The molecule has 0 radical (unpaired) electrons. The van der Waals surface area contributed by atoms with Crippen LogP contribution in [0.5, 0.6) is 0 Å². The molecule has 6 heteroatoms. The van der Waals surface area contributed by atoms with Crippen LogP contribution in [-0.4, -0.2) is 41.9 Å². The Bertz CT molecular complexity index is 854. The van der Waals surface area contributed by atoms with Crippen LogP contribution in [0.4, 0.5) is 5.69 Å². The second-order valence-electron chi connectivity index (χ2n) is 10.6. The van der Waals surface area contributed by atoms with E-state index in [4.69, 9.17) is 4.99 Å². The van der Waals surface area contributed by atoms with Gasteiger partial charge in [0.15, 0.2) is 0 Å². The largest absolute Gasteiger partial charge is 0.392 e. The smallest absolute Gasteiger partial charge is 0.272 e. The number of nitrogens with one attached hydrogen (secondary N) is 1. The van der Waals surface area contributed by atoms with Gasteiger partial charge in [0, 0.05) is 18.3 Å². The Morgan fingerprint density at radius 2 is 1.97 bits per heavy atom. The molecule has 6 nitrogen and oxygen atoms in total. The van der Waals surface area contributed by atoms with Crippen molar-refractivity contribution in [2.24, 2.45) is 22.2 Å². The number of hydrogen-bond donors (Lipinski definition) is 2. The number of benzene rings is 1. The number of nitrogens with zero attached hydrogens (tertiary/aromatic N) is 2. The molecule has 1 aromatic carbocycles. The Morgan fingerprint density at radius 3 is 2.59 bits per heavy atom. The fourth-order valence-corrected chi connectivity index (χ4v) is 4.34. The third-order valence-corrected chi connectivity index (χ3v) is 6.34. The van der Waals surface area contributed by atoms with Gasteiger partial charge < -0.3 is 15.3 Å². The molecule has 1 saturated carbocycles. The first-order chi connectivity index (χ1) is 15.1. The van der Waals surface area contributed by atoms with Crippen molar-refractivity contribution in [3.8, 4) is 0 Å². The van der Waals surface area contributed by atoms with Crippen molar-refractivity contribution in [1.82, 2.24) is 5.32 Å². The number of aliphatic imine (C=N–C) groups is 1. The zero-order chi connectivity index (χ0) is 23.5. The molecule has 0 spiro atoms. The van der Waals surface area contributed by atoms with Crippen LogP contribution in [0.1, 0.15) is 78.2 Å². The molecular weight excluding hydrogens is 402 g/mol. The lowest BCUT2D eigenvalue weighted by Crippen LogP contribution is -2.49. The molecule has 0 unspecified atom stereocenters. The molecule has 176 valence electrons. The lowest BCUT2D eigenvalue weighted by molar-refractivity contribution is -0.133. The van der Waals surface area contributed by atoms with Crippen molar-refractivity contribution in [3.05, 3.63) is 29.8 Å². The SMILES string of the molecule is CCCC[C@H](O)[C@@H](CC1CC1)C(=O)N[C@@H]1N=C(CC(C)(C)C)c2ccccc2N(C)C1=O. The van der Waals surface area contributed by atoms with Gasteiger partial charge in [-0.1, -0.05) is 71.6 Å². The summed E-state index contributed by atoms with van der Waals surface area (Å²) in [4.78, 5) is 33.0. The monoisotopic (exact) mass is 441 g/mol. The molecule has 1 aliphatic heterocycles. The van der Waals surface area contributed by atoms with E-state index in [2.05, 4.69) is 33.0 Å². The number of likely N-dealkylation sites (N-methyl/N-ethyl adjacent to an activating group) is 1. The summed E-state index contributed by atoms with van der Waals surface area (Å²) in [6.45, 7) is 8.49. The van der Waals surface area contributed by atoms with Crippen LogP contribution >= 0.6 is 0 Å². The van der Waals surface area contributed by atoms with Gasteiger partial charge in [-0.3, -0.25) is 14.6 Å². The Hall–Kier alpha value is -2.21. The summed E-state index contributed by atoms with van der Waals surface area (Å²) >= 11 is 0. The number of hydrogen-bond acceptors (Lipinski definition) is 4. The van der Waals surface area contributed by atoms with Crippen LogP contribution in [0.25, 0.3) is 0 Å². The van der Waals surface area contributed by atoms with Gasteiger partial charge in [0.1, 0.15) is 0 Å². The molecule has 3 rings (SSSR count). The summed E-state index contributed by atoms with van der Waals surface area (Å²) in [5, 5.41) is 13.6. The molecular formula is C26H39N3O3. The average molecular weight is 442 g/mol. The van der Waals surface area contributed by atoms with E-state index in [9.17, 15) is 14.7 Å². The van der Waals surface area contributed by atoms with Gasteiger partial charge in [-0.15, -0.1) is 0 Å². The first-order valence-electron chi connectivity index (χ1n) is 12.0. The van der Waals surface area contributed by atoms with Crippen molar-refractivity contribution in [3.63, 3.8) is 0 Å². The number of anilines is 1. The first kappa shape index (κ1) is 24.4. The summed E-state index contributed by atoms with van der Waals surface area (Å²) in [5.41, 5.74) is 2.51. The van der Waals surface area contributed by atoms with Crippen LogP contribution in [0.15, 0.2) is 29.3 Å². The molecule has 2 N–H and O–H groups in total. The second-order valence-corrected chi connectivity index (χ2v) is 10.6. The predicted octanol–water partition coefficient (Wildman–Crippen LogP) is 4.30. The number of aliphatic hydroxyl groups excluding tert-OH is 1. The van der Waals surface area contributed by atoms with Gasteiger partial charge in [-0.2, -0.15) is 0 Å². The molecule has 2 amide bonds. The zero-order valence-electron chi connectivity index (χ0n) is 20.2. The van der Waals surface area contributed by atoms with Gasteiger partial charge in [0.05, 0.1) is 17.7 Å². The molecule has 1 aliphatic carbocycles. The lowest BCUT2D eigenvalue weighted by atomic mass is 9.87. The molecule has 1 heterocycles. The Morgan fingerprint density at radius 1 is 1.28 bits per heavy atom. The summed E-state index contributed by atoms with van der Waals surface area (Å²) < 4.78 is 0. The number of para-hydroxylation sites is 1. The van der Waals surface area contributed by atoms with E-state index in [1.165, 1.54) is 0 Å². The molecule has 2 aliphatic rings. The molecule has 1 aromatic rings. The van der Waals surface area contributed by atoms with Crippen LogP contribution < -0.4 is 10.2 Å². The Balaban J connectivity index is 1.88. The Labute approximate surface area is 192 Å². The fourth-order valence-electron chi connectivity index (χ4n) is 4.34. The minimum absolute atomic E-state index is 0.0304. The van der Waals surface area contributed by atoms with Crippen molar-refractivity contribution in [2.45, 2.75) is 84.9 Å². The van der Waals surface area contributed by atoms with Crippen LogP contribution in [0.3, 0.4) is 0 Å². The molecule has 0 bridgehead atoms. The van der Waals surface area contributed by atoms with Gasteiger partial charge in [0.25, 0.3) is 5.91 Å². The molecule has 0 aromatic heterocycles.